The number of nitrogens with one attached hydrogen (secondary N) is 1. The van der Waals surface area contributed by atoms with Crippen molar-refractivity contribution in [3.8, 4) is 22.7 Å². The van der Waals surface area contributed by atoms with Crippen molar-refractivity contribution in [1.29, 1.82) is 0 Å². The molecule has 2 fully saturated rings. The molecule has 0 aliphatic carbocycles. The van der Waals surface area contributed by atoms with Gasteiger partial charge in [-0.3, -0.25) is 0 Å². The van der Waals surface area contributed by atoms with Gasteiger partial charge in [-0.05, 0) is 25.5 Å². The van der Waals surface area contributed by atoms with Crippen LogP contribution in [0.15, 0.2) is 43.1 Å². The average molecular weight is 457 g/mol. The van der Waals surface area contributed by atoms with Crippen molar-refractivity contribution < 1.29 is 18.6 Å². The van der Waals surface area contributed by atoms with Crippen molar-refractivity contribution in [2.75, 3.05) is 19.1 Å². The van der Waals surface area contributed by atoms with Crippen LogP contribution in [-0.4, -0.2) is 73.6 Å². The molecule has 4 heterocycles. The number of piperidine rings is 1. The smallest absolute Gasteiger partial charge is 0.267 e. The number of hydrogen-bond donors (Lipinski definition) is 2. The molecule has 0 radical (unpaired) electrons. The van der Waals surface area contributed by atoms with Gasteiger partial charge in [-0.15, -0.1) is 10.2 Å². The first kappa shape index (κ1) is 21.7. The van der Waals surface area contributed by atoms with E-state index in [0.717, 1.165) is 5.69 Å². The standard InChI is InChI=1S/C22H25F2N7O2/c1-21-10-17(19(33-3)15(27-21)9-22(21,23)24)30(2)20-26-11-16(28-29-20)14-5-4-13(8-18(14)32)31-7-6-25-12-31/h4-8,11-12,15,17,19,27,32H,9-10H2,1-3H3/t15-,17+,19+,21-/m1/s1. The van der Waals surface area contributed by atoms with Crippen LogP contribution in [0.3, 0.4) is 0 Å². The zero-order valence-corrected chi connectivity index (χ0v) is 18.5. The largest absolute Gasteiger partial charge is 0.507 e. The van der Waals surface area contributed by atoms with E-state index in [1.807, 2.05) is 6.07 Å². The van der Waals surface area contributed by atoms with Crippen LogP contribution in [-0.2, 0) is 4.74 Å². The second kappa shape index (κ2) is 7.70. The van der Waals surface area contributed by atoms with Gasteiger partial charge in [0.1, 0.15) is 11.4 Å². The topological polar surface area (TPSA) is 101 Å². The normalized spacial score (nSPS) is 28.1. The van der Waals surface area contributed by atoms with E-state index < -0.39 is 23.6 Å². The number of benzene rings is 1. The zero-order valence-electron chi connectivity index (χ0n) is 18.5. The van der Waals surface area contributed by atoms with Crippen LogP contribution in [0.2, 0.25) is 0 Å². The maximum Gasteiger partial charge on any atom is 0.267 e. The minimum Gasteiger partial charge on any atom is -0.507 e. The van der Waals surface area contributed by atoms with Crippen LogP contribution in [0, 0.1) is 0 Å². The van der Waals surface area contributed by atoms with E-state index in [1.165, 1.54) is 13.3 Å². The molecule has 0 amide bonds. The van der Waals surface area contributed by atoms with Gasteiger partial charge in [0.2, 0.25) is 5.95 Å². The number of imidazole rings is 1. The molecule has 2 N–H and O–H groups in total. The molecule has 5 rings (SSSR count). The lowest BCUT2D eigenvalue weighted by molar-refractivity contribution is -0.0608. The number of methoxy groups -OCH3 is 1. The number of phenolic OH excluding ortho intramolecular Hbond substituents is 1. The lowest BCUT2D eigenvalue weighted by Gasteiger charge is -2.45. The molecule has 2 aromatic heterocycles. The summed E-state index contributed by atoms with van der Waals surface area (Å²) in [6, 6.07) is 4.35. The molecule has 3 aromatic rings. The average Bonchev–Trinajstić information content (AvgIpc) is 3.38. The Bertz CT molecular complexity index is 1140. The summed E-state index contributed by atoms with van der Waals surface area (Å²) in [5.74, 6) is -2.50. The molecule has 2 aliphatic rings. The first-order chi connectivity index (χ1) is 15.7. The van der Waals surface area contributed by atoms with E-state index in [0.29, 0.717) is 17.2 Å². The van der Waals surface area contributed by atoms with Crippen molar-refractivity contribution in [3.63, 3.8) is 0 Å². The van der Waals surface area contributed by atoms with Crippen LogP contribution in [0.4, 0.5) is 14.7 Å². The Morgan fingerprint density at radius 1 is 1.27 bits per heavy atom. The van der Waals surface area contributed by atoms with E-state index in [1.54, 1.807) is 54.3 Å². The van der Waals surface area contributed by atoms with Gasteiger partial charge in [0, 0.05) is 50.6 Å². The second-order valence-corrected chi connectivity index (χ2v) is 8.89. The number of anilines is 1. The highest BCUT2D eigenvalue weighted by atomic mass is 19.3. The molecule has 0 unspecified atom stereocenters. The molecular weight excluding hydrogens is 432 g/mol. The van der Waals surface area contributed by atoms with E-state index in [4.69, 9.17) is 4.74 Å². The van der Waals surface area contributed by atoms with Crippen LogP contribution >= 0.6 is 0 Å². The second-order valence-electron chi connectivity index (χ2n) is 8.89. The number of fused-ring (bicyclic) bond motifs is 2. The fourth-order valence-corrected chi connectivity index (χ4v) is 4.97. The molecule has 4 atom stereocenters. The third-order valence-electron chi connectivity index (χ3n) is 6.88. The maximum absolute atomic E-state index is 14.6. The van der Waals surface area contributed by atoms with Gasteiger partial charge in [-0.2, -0.15) is 0 Å². The Kier molecular flexibility index (Phi) is 5.05. The Balaban J connectivity index is 1.38. The van der Waals surface area contributed by atoms with Crippen LogP contribution in [0.1, 0.15) is 19.8 Å². The number of rotatable bonds is 5. The summed E-state index contributed by atoms with van der Waals surface area (Å²) in [5.41, 5.74) is 0.313. The summed E-state index contributed by atoms with van der Waals surface area (Å²) in [6.07, 6.45) is 6.04. The fraction of sp³-hybridized carbons (Fsp3) is 0.455. The van der Waals surface area contributed by atoms with Crippen molar-refractivity contribution >= 4 is 5.95 Å². The highest BCUT2D eigenvalue weighted by Crippen LogP contribution is 2.48. The summed E-state index contributed by atoms with van der Waals surface area (Å²) >= 11 is 0. The molecule has 11 heteroatoms. The molecular formula is C22H25F2N7O2. The Morgan fingerprint density at radius 3 is 2.73 bits per heavy atom. The Hall–Kier alpha value is -3.18. The number of halogens is 2. The van der Waals surface area contributed by atoms with Gasteiger partial charge >= 0.3 is 0 Å². The summed E-state index contributed by atoms with van der Waals surface area (Å²) in [7, 11) is 3.29. The SMILES string of the molecule is CO[C@H]1[C@H]2CC(F)(F)[C@@](C)(C[C@@H]1N(C)c1ncc(-c3ccc(-n4ccnc4)cc3O)nn1)N2. The molecule has 0 saturated carbocycles. The highest BCUT2D eigenvalue weighted by molar-refractivity contribution is 5.68. The molecule has 33 heavy (non-hydrogen) atoms. The van der Waals surface area contributed by atoms with Gasteiger partial charge in [0.05, 0.1) is 35.9 Å². The van der Waals surface area contributed by atoms with Crippen LogP contribution in [0.25, 0.3) is 16.9 Å². The number of ether oxygens (including phenoxy) is 1. The van der Waals surface area contributed by atoms with Gasteiger partial charge in [0.15, 0.2) is 0 Å². The van der Waals surface area contributed by atoms with Crippen molar-refractivity contribution in [1.82, 2.24) is 30.0 Å². The lowest BCUT2D eigenvalue weighted by atomic mass is 9.85. The quantitative estimate of drug-likeness (QED) is 0.603. The predicted molar refractivity (Wildman–Crippen MR) is 117 cm³/mol. The molecule has 0 spiro atoms. The van der Waals surface area contributed by atoms with Crippen LogP contribution in [0.5, 0.6) is 5.75 Å². The van der Waals surface area contributed by atoms with Crippen molar-refractivity contribution in [3.05, 3.63) is 43.1 Å². The Morgan fingerprint density at radius 2 is 2.09 bits per heavy atom. The van der Waals surface area contributed by atoms with Gasteiger partial charge in [0.25, 0.3) is 5.92 Å². The number of aromatic hydroxyl groups is 1. The maximum atomic E-state index is 14.6. The summed E-state index contributed by atoms with van der Waals surface area (Å²) in [4.78, 5) is 10.2. The molecule has 2 aliphatic heterocycles. The first-order valence-electron chi connectivity index (χ1n) is 10.6. The molecule has 1 aromatic carbocycles. The number of nitrogens with zero attached hydrogens (tertiary/aromatic N) is 6. The third kappa shape index (κ3) is 3.51. The monoisotopic (exact) mass is 457 g/mol. The number of likely N-dealkylation sites (N-methyl/N-ethyl adjacent to an activating group) is 1. The lowest BCUT2D eigenvalue weighted by Crippen LogP contribution is -2.64. The molecule has 2 bridgehead atoms. The van der Waals surface area contributed by atoms with Crippen molar-refractivity contribution in [2.24, 2.45) is 0 Å². The summed E-state index contributed by atoms with van der Waals surface area (Å²) in [6.45, 7) is 1.55. The minimum atomic E-state index is -2.83. The summed E-state index contributed by atoms with van der Waals surface area (Å²) < 4.78 is 36.6. The van der Waals surface area contributed by atoms with E-state index in [-0.39, 0.29) is 24.6 Å². The minimum absolute atomic E-state index is 0.0305. The van der Waals surface area contributed by atoms with Crippen molar-refractivity contribution in [2.45, 2.75) is 49.4 Å². The molecule has 9 nitrogen and oxygen atoms in total. The number of alkyl halides is 2. The first-order valence-corrected chi connectivity index (χ1v) is 10.6. The van der Waals surface area contributed by atoms with E-state index in [9.17, 15) is 13.9 Å². The van der Waals surface area contributed by atoms with Gasteiger partial charge < -0.3 is 24.6 Å². The third-order valence-corrected chi connectivity index (χ3v) is 6.88. The number of aromatic nitrogens is 5. The molecule has 2 saturated heterocycles. The zero-order chi connectivity index (χ0) is 23.4. The number of hydrogen-bond acceptors (Lipinski definition) is 8. The predicted octanol–water partition coefficient (Wildman–Crippen LogP) is 2.41. The Labute approximate surface area is 189 Å². The van der Waals surface area contributed by atoms with Crippen LogP contribution < -0.4 is 10.2 Å². The van der Waals surface area contributed by atoms with E-state index in [2.05, 4.69) is 25.5 Å². The van der Waals surface area contributed by atoms with E-state index >= 15 is 0 Å². The molecule has 174 valence electrons. The highest BCUT2D eigenvalue weighted by Gasteiger charge is 2.64. The van der Waals surface area contributed by atoms with Gasteiger partial charge in [-0.25, -0.2) is 18.7 Å². The summed E-state index contributed by atoms with van der Waals surface area (Å²) in [5, 5.41) is 22.0. The van der Waals surface area contributed by atoms with Gasteiger partial charge in [-0.1, -0.05) is 0 Å². The number of phenols is 1. The fourth-order valence-electron chi connectivity index (χ4n) is 4.97.